The molecule has 4 aromatic rings. The van der Waals surface area contributed by atoms with E-state index < -0.39 is 10.0 Å². The summed E-state index contributed by atoms with van der Waals surface area (Å²) in [6.07, 6.45) is 3.43. The van der Waals surface area contributed by atoms with E-state index in [0.29, 0.717) is 41.0 Å². The van der Waals surface area contributed by atoms with Crippen LogP contribution in [0.15, 0.2) is 70.0 Å². The molecule has 2 aliphatic rings. The predicted octanol–water partition coefficient (Wildman–Crippen LogP) is 4.35. The van der Waals surface area contributed by atoms with Crippen LogP contribution in [0.2, 0.25) is 0 Å². The molecule has 1 aliphatic heterocycles. The van der Waals surface area contributed by atoms with Crippen LogP contribution in [0.25, 0.3) is 11.5 Å². The van der Waals surface area contributed by atoms with Crippen LogP contribution >= 0.6 is 0 Å². The first-order valence-corrected chi connectivity index (χ1v) is 12.5. The lowest BCUT2D eigenvalue weighted by Gasteiger charge is -2.10. The Balaban J connectivity index is 1.20. The van der Waals surface area contributed by atoms with Crippen LogP contribution in [0, 0.1) is 0 Å². The summed E-state index contributed by atoms with van der Waals surface area (Å²) in [5.74, 6) is 2.17. The van der Waals surface area contributed by atoms with E-state index in [-0.39, 0.29) is 11.7 Å². The molecule has 8 nitrogen and oxygen atoms in total. The summed E-state index contributed by atoms with van der Waals surface area (Å²) in [7, 11) is -3.71. The van der Waals surface area contributed by atoms with Gasteiger partial charge in [-0.15, -0.1) is 10.2 Å². The molecule has 0 atom stereocenters. The van der Waals surface area contributed by atoms with E-state index in [0.717, 1.165) is 30.4 Å². The van der Waals surface area contributed by atoms with E-state index >= 15 is 0 Å². The maximum Gasteiger partial charge on any atom is 0.261 e. The number of sulfonamides is 1. The Bertz CT molecular complexity index is 1500. The zero-order valence-corrected chi connectivity index (χ0v) is 19.0. The Kier molecular flexibility index (Phi) is 4.99. The zero-order valence-electron chi connectivity index (χ0n) is 18.2. The summed E-state index contributed by atoms with van der Waals surface area (Å²) in [6, 6.07) is 17.9. The van der Waals surface area contributed by atoms with Crippen LogP contribution in [0.1, 0.15) is 29.0 Å². The van der Waals surface area contributed by atoms with Gasteiger partial charge < -0.3 is 13.9 Å². The SMILES string of the molecule is O=S(=O)(Nc1cccc(-c2nnc(Cc3ccc4c(c3)OCO4)o2)c1)c1ccc2c(c1)CCC2. The Morgan fingerprint density at radius 2 is 1.76 bits per heavy atom. The summed E-state index contributed by atoms with van der Waals surface area (Å²) in [6.45, 7) is 0.218. The molecule has 9 heteroatoms. The Morgan fingerprint density at radius 3 is 2.71 bits per heavy atom. The quantitative estimate of drug-likeness (QED) is 0.442. The van der Waals surface area contributed by atoms with Crippen molar-refractivity contribution < 1.29 is 22.3 Å². The van der Waals surface area contributed by atoms with Gasteiger partial charge in [-0.05, 0) is 78.4 Å². The molecule has 2 heterocycles. The van der Waals surface area contributed by atoms with Crippen molar-refractivity contribution >= 4 is 15.7 Å². The van der Waals surface area contributed by atoms with Gasteiger partial charge in [0.2, 0.25) is 18.6 Å². The van der Waals surface area contributed by atoms with Crippen LogP contribution < -0.4 is 14.2 Å². The standard InChI is InChI=1S/C25H21N3O5S/c29-34(30,21-9-8-17-3-1-4-18(17)14-21)28-20-6-2-5-19(13-20)25-27-26-24(33-25)12-16-7-10-22-23(11-16)32-15-31-22/h2,5-11,13-14,28H,1,3-4,12,15H2. The highest BCUT2D eigenvalue weighted by molar-refractivity contribution is 7.92. The van der Waals surface area contributed by atoms with Gasteiger partial charge in [-0.25, -0.2) is 8.42 Å². The van der Waals surface area contributed by atoms with Gasteiger partial charge in [0.1, 0.15) is 0 Å². The fraction of sp³-hybridized carbons (Fsp3) is 0.200. The molecule has 1 aromatic heterocycles. The lowest BCUT2D eigenvalue weighted by Crippen LogP contribution is -2.13. The van der Waals surface area contributed by atoms with Gasteiger partial charge in [0.25, 0.3) is 10.0 Å². The predicted molar refractivity (Wildman–Crippen MR) is 124 cm³/mol. The second-order valence-corrected chi connectivity index (χ2v) is 10.0. The summed E-state index contributed by atoms with van der Waals surface area (Å²) >= 11 is 0. The van der Waals surface area contributed by atoms with Crippen molar-refractivity contribution in [3.63, 3.8) is 0 Å². The van der Waals surface area contributed by atoms with Crippen molar-refractivity contribution in [1.29, 1.82) is 0 Å². The fourth-order valence-electron chi connectivity index (χ4n) is 4.31. The summed E-state index contributed by atoms with van der Waals surface area (Å²) in [5.41, 5.74) is 4.34. The highest BCUT2D eigenvalue weighted by Crippen LogP contribution is 2.33. The fourth-order valence-corrected chi connectivity index (χ4v) is 5.41. The minimum Gasteiger partial charge on any atom is -0.454 e. The largest absolute Gasteiger partial charge is 0.454 e. The molecular weight excluding hydrogens is 454 g/mol. The second kappa shape index (κ2) is 8.18. The lowest BCUT2D eigenvalue weighted by molar-refractivity contribution is 0.174. The van der Waals surface area contributed by atoms with E-state index in [1.54, 1.807) is 36.4 Å². The molecular formula is C25H21N3O5S. The summed E-state index contributed by atoms with van der Waals surface area (Å²) < 4.78 is 45.2. The number of hydrogen-bond donors (Lipinski definition) is 1. The third-order valence-corrected chi connectivity index (χ3v) is 7.38. The number of ether oxygens (including phenoxy) is 2. The topological polar surface area (TPSA) is 104 Å². The van der Waals surface area contributed by atoms with Crippen molar-refractivity contribution in [2.45, 2.75) is 30.6 Å². The number of benzene rings is 3. The third kappa shape index (κ3) is 3.99. The lowest BCUT2D eigenvalue weighted by atomic mass is 10.1. The molecule has 1 N–H and O–H groups in total. The van der Waals surface area contributed by atoms with Crippen molar-refractivity contribution in [2.75, 3.05) is 11.5 Å². The van der Waals surface area contributed by atoms with Gasteiger partial charge in [0, 0.05) is 11.3 Å². The molecule has 34 heavy (non-hydrogen) atoms. The number of rotatable bonds is 6. The Hall–Kier alpha value is -3.85. The van der Waals surface area contributed by atoms with E-state index in [1.807, 2.05) is 24.3 Å². The normalized spacial score (nSPS) is 14.2. The zero-order chi connectivity index (χ0) is 23.1. The van der Waals surface area contributed by atoms with E-state index in [4.69, 9.17) is 13.9 Å². The molecule has 1 aliphatic carbocycles. The van der Waals surface area contributed by atoms with Crippen LogP contribution in [0.3, 0.4) is 0 Å². The van der Waals surface area contributed by atoms with Crippen LogP contribution in [-0.2, 0) is 29.3 Å². The number of hydrogen-bond acceptors (Lipinski definition) is 7. The van der Waals surface area contributed by atoms with Gasteiger partial charge in [0.15, 0.2) is 11.5 Å². The van der Waals surface area contributed by atoms with E-state index in [2.05, 4.69) is 14.9 Å². The summed E-state index contributed by atoms with van der Waals surface area (Å²) in [4.78, 5) is 0.266. The number of aromatic nitrogens is 2. The van der Waals surface area contributed by atoms with Crippen LogP contribution in [0.4, 0.5) is 5.69 Å². The maximum absolute atomic E-state index is 13.0. The van der Waals surface area contributed by atoms with Crippen molar-refractivity contribution in [3.05, 3.63) is 83.2 Å². The molecule has 0 bridgehead atoms. The summed E-state index contributed by atoms with van der Waals surface area (Å²) in [5, 5.41) is 8.28. The smallest absolute Gasteiger partial charge is 0.261 e. The number of anilines is 1. The maximum atomic E-state index is 13.0. The van der Waals surface area contributed by atoms with Gasteiger partial charge in [-0.1, -0.05) is 18.2 Å². The molecule has 0 radical (unpaired) electrons. The molecule has 0 unspecified atom stereocenters. The first kappa shape index (κ1) is 20.7. The average Bonchev–Trinajstić information content (AvgIpc) is 3.59. The van der Waals surface area contributed by atoms with Crippen molar-refractivity contribution in [1.82, 2.24) is 10.2 Å². The van der Waals surface area contributed by atoms with Crippen molar-refractivity contribution in [2.24, 2.45) is 0 Å². The molecule has 3 aromatic carbocycles. The second-order valence-electron chi connectivity index (χ2n) is 8.34. The van der Waals surface area contributed by atoms with Gasteiger partial charge >= 0.3 is 0 Å². The molecule has 0 fully saturated rings. The van der Waals surface area contributed by atoms with Crippen molar-refractivity contribution in [3.8, 4) is 23.0 Å². The van der Waals surface area contributed by atoms with E-state index in [1.165, 1.54) is 5.56 Å². The minimum atomic E-state index is -3.71. The van der Waals surface area contributed by atoms with Gasteiger partial charge in [-0.3, -0.25) is 4.72 Å². The molecule has 0 saturated carbocycles. The monoisotopic (exact) mass is 475 g/mol. The highest BCUT2D eigenvalue weighted by Gasteiger charge is 2.20. The Labute approximate surface area is 196 Å². The average molecular weight is 476 g/mol. The number of aryl methyl sites for hydroxylation is 2. The molecule has 0 amide bonds. The number of fused-ring (bicyclic) bond motifs is 2. The number of nitrogens with one attached hydrogen (secondary N) is 1. The highest BCUT2D eigenvalue weighted by atomic mass is 32.2. The van der Waals surface area contributed by atoms with E-state index in [9.17, 15) is 8.42 Å². The van der Waals surface area contributed by atoms with Gasteiger partial charge in [0.05, 0.1) is 11.3 Å². The first-order chi connectivity index (χ1) is 16.5. The molecule has 0 spiro atoms. The Morgan fingerprint density at radius 1 is 0.882 bits per heavy atom. The first-order valence-electron chi connectivity index (χ1n) is 11.0. The van der Waals surface area contributed by atoms with Gasteiger partial charge in [-0.2, -0.15) is 0 Å². The third-order valence-electron chi connectivity index (χ3n) is 6.00. The van der Waals surface area contributed by atoms with Crippen LogP contribution in [-0.4, -0.2) is 25.4 Å². The molecule has 6 rings (SSSR count). The molecule has 172 valence electrons. The minimum absolute atomic E-state index is 0.218. The number of nitrogens with zero attached hydrogens (tertiary/aromatic N) is 2. The van der Waals surface area contributed by atoms with Crippen LogP contribution in [0.5, 0.6) is 11.5 Å². The molecule has 0 saturated heterocycles.